The molecular weight excluding hydrogens is 294 g/mol. The summed E-state index contributed by atoms with van der Waals surface area (Å²) >= 11 is 3.60. The number of fused-ring (bicyclic) bond motifs is 1. The number of hydrogen-bond donors (Lipinski definition) is 0. The molecule has 0 N–H and O–H groups in total. The van der Waals surface area contributed by atoms with E-state index in [-0.39, 0.29) is 0 Å². The molecule has 5 heteroatoms. The Labute approximate surface area is 115 Å². The molecule has 0 radical (unpaired) electrons. The smallest absolute Gasteiger partial charge is 0.116 e. The number of aryl methyl sites for hydroxylation is 2. The fourth-order valence-corrected chi connectivity index (χ4v) is 2.86. The van der Waals surface area contributed by atoms with E-state index in [9.17, 15) is 0 Å². The molecular formula is C13H16BrN3O. The number of ether oxygens (including phenoxy) is 1. The van der Waals surface area contributed by atoms with Crippen molar-refractivity contribution in [2.45, 2.75) is 6.92 Å². The Balaban J connectivity index is 2.17. The lowest BCUT2D eigenvalue weighted by Gasteiger charge is -2.29. The zero-order valence-corrected chi connectivity index (χ0v) is 12.2. The van der Waals surface area contributed by atoms with E-state index in [1.54, 1.807) is 0 Å². The minimum Gasteiger partial charge on any atom is -0.378 e. The molecule has 2 heterocycles. The van der Waals surface area contributed by atoms with Gasteiger partial charge < -0.3 is 9.64 Å². The molecule has 3 rings (SSSR count). The summed E-state index contributed by atoms with van der Waals surface area (Å²) in [6, 6.07) is 4.29. The topological polar surface area (TPSA) is 30.3 Å². The highest BCUT2D eigenvalue weighted by Gasteiger charge is 2.18. The van der Waals surface area contributed by atoms with Crippen LogP contribution >= 0.6 is 15.9 Å². The van der Waals surface area contributed by atoms with Crippen LogP contribution in [-0.4, -0.2) is 36.1 Å². The van der Waals surface area contributed by atoms with Gasteiger partial charge in [0.1, 0.15) is 5.52 Å². The molecule has 0 aliphatic carbocycles. The van der Waals surface area contributed by atoms with Crippen molar-refractivity contribution in [2.75, 3.05) is 31.2 Å². The van der Waals surface area contributed by atoms with Crippen LogP contribution in [0.3, 0.4) is 0 Å². The average Bonchev–Trinajstić information content (AvgIpc) is 2.66. The summed E-state index contributed by atoms with van der Waals surface area (Å²) in [5.41, 5.74) is 3.48. The Hall–Kier alpha value is -1.07. The molecule has 0 spiro atoms. The Morgan fingerprint density at radius 1 is 1.28 bits per heavy atom. The Morgan fingerprint density at radius 3 is 2.72 bits per heavy atom. The zero-order chi connectivity index (χ0) is 12.7. The predicted octanol–water partition coefficient (Wildman–Crippen LogP) is 2.48. The molecule has 18 heavy (non-hydrogen) atoms. The molecule has 96 valence electrons. The van der Waals surface area contributed by atoms with Crippen LogP contribution in [0.4, 0.5) is 5.69 Å². The SMILES string of the molecule is Cc1c2cc(Br)cc(N3CCOCC3)c2nn1C. The number of aromatic nitrogens is 2. The number of anilines is 1. The lowest BCUT2D eigenvalue weighted by atomic mass is 10.1. The van der Waals surface area contributed by atoms with Gasteiger partial charge in [-0.3, -0.25) is 4.68 Å². The first kappa shape index (κ1) is 12.0. The summed E-state index contributed by atoms with van der Waals surface area (Å²) in [5, 5.41) is 5.86. The molecule has 0 unspecified atom stereocenters. The molecule has 0 atom stereocenters. The molecule has 1 aliphatic heterocycles. The van der Waals surface area contributed by atoms with Crippen molar-refractivity contribution >= 4 is 32.5 Å². The Morgan fingerprint density at radius 2 is 2.00 bits per heavy atom. The van der Waals surface area contributed by atoms with Crippen LogP contribution in [0.5, 0.6) is 0 Å². The molecule has 1 aliphatic rings. The van der Waals surface area contributed by atoms with E-state index in [4.69, 9.17) is 4.74 Å². The number of halogens is 1. The Bertz CT molecular complexity index is 587. The molecule has 1 saturated heterocycles. The minimum atomic E-state index is 0.791. The van der Waals surface area contributed by atoms with Gasteiger partial charge in [0, 0.05) is 35.7 Å². The van der Waals surface area contributed by atoms with Gasteiger partial charge in [0.05, 0.1) is 18.9 Å². The maximum absolute atomic E-state index is 5.41. The summed E-state index contributed by atoms with van der Waals surface area (Å²) in [6.07, 6.45) is 0. The van der Waals surface area contributed by atoms with Crippen LogP contribution in [0.2, 0.25) is 0 Å². The van der Waals surface area contributed by atoms with E-state index in [0.717, 1.165) is 36.3 Å². The highest BCUT2D eigenvalue weighted by Crippen LogP contribution is 2.32. The largest absolute Gasteiger partial charge is 0.378 e. The van der Waals surface area contributed by atoms with Crippen LogP contribution in [-0.2, 0) is 11.8 Å². The predicted molar refractivity (Wildman–Crippen MR) is 76.2 cm³/mol. The summed E-state index contributed by atoms with van der Waals surface area (Å²) < 4.78 is 8.46. The molecule has 1 aromatic heterocycles. The first-order valence-electron chi connectivity index (χ1n) is 6.12. The van der Waals surface area contributed by atoms with Crippen LogP contribution in [0.15, 0.2) is 16.6 Å². The van der Waals surface area contributed by atoms with Crippen molar-refractivity contribution < 1.29 is 4.74 Å². The van der Waals surface area contributed by atoms with Gasteiger partial charge in [0.15, 0.2) is 0 Å². The van der Waals surface area contributed by atoms with Crippen LogP contribution in [0, 0.1) is 6.92 Å². The number of nitrogens with zero attached hydrogens (tertiary/aromatic N) is 3. The summed E-state index contributed by atoms with van der Waals surface area (Å²) in [5.74, 6) is 0. The van der Waals surface area contributed by atoms with E-state index in [1.807, 2.05) is 11.7 Å². The van der Waals surface area contributed by atoms with Gasteiger partial charge in [-0.2, -0.15) is 5.10 Å². The van der Waals surface area contributed by atoms with Gasteiger partial charge >= 0.3 is 0 Å². The molecule has 4 nitrogen and oxygen atoms in total. The van der Waals surface area contributed by atoms with Crippen molar-refractivity contribution in [3.63, 3.8) is 0 Å². The first-order chi connectivity index (χ1) is 8.66. The highest BCUT2D eigenvalue weighted by atomic mass is 79.9. The number of rotatable bonds is 1. The van der Waals surface area contributed by atoms with Gasteiger partial charge in [-0.15, -0.1) is 0 Å². The highest BCUT2D eigenvalue weighted by molar-refractivity contribution is 9.10. The average molecular weight is 310 g/mol. The van der Waals surface area contributed by atoms with E-state index >= 15 is 0 Å². The van der Waals surface area contributed by atoms with Crippen molar-refractivity contribution in [3.05, 3.63) is 22.3 Å². The third-order valence-corrected chi connectivity index (χ3v) is 3.99. The Kier molecular flexibility index (Phi) is 3.03. The molecule has 2 aromatic rings. The molecule has 0 saturated carbocycles. The molecule has 1 fully saturated rings. The van der Waals surface area contributed by atoms with Crippen molar-refractivity contribution in [1.82, 2.24) is 9.78 Å². The number of benzene rings is 1. The van der Waals surface area contributed by atoms with Gasteiger partial charge in [-0.1, -0.05) is 15.9 Å². The van der Waals surface area contributed by atoms with Crippen molar-refractivity contribution in [1.29, 1.82) is 0 Å². The molecule has 0 amide bonds. The fourth-order valence-electron chi connectivity index (χ4n) is 2.41. The van der Waals surface area contributed by atoms with E-state index < -0.39 is 0 Å². The number of morpholine rings is 1. The summed E-state index contributed by atoms with van der Waals surface area (Å²) in [7, 11) is 1.99. The second-order valence-electron chi connectivity index (χ2n) is 4.63. The quantitative estimate of drug-likeness (QED) is 0.811. The number of hydrogen-bond acceptors (Lipinski definition) is 3. The zero-order valence-electron chi connectivity index (χ0n) is 10.6. The first-order valence-corrected chi connectivity index (χ1v) is 6.91. The fraction of sp³-hybridized carbons (Fsp3) is 0.462. The maximum Gasteiger partial charge on any atom is 0.116 e. The summed E-state index contributed by atoms with van der Waals surface area (Å²) in [6.45, 7) is 5.55. The van der Waals surface area contributed by atoms with Crippen molar-refractivity contribution in [2.24, 2.45) is 7.05 Å². The van der Waals surface area contributed by atoms with Gasteiger partial charge in [-0.25, -0.2) is 0 Å². The van der Waals surface area contributed by atoms with Crippen LogP contribution < -0.4 is 4.90 Å². The third-order valence-electron chi connectivity index (χ3n) is 3.53. The van der Waals surface area contributed by atoms with E-state index in [2.05, 4.69) is 45.0 Å². The second-order valence-corrected chi connectivity index (χ2v) is 5.55. The third kappa shape index (κ3) is 1.91. The van der Waals surface area contributed by atoms with E-state index in [0.29, 0.717) is 0 Å². The molecule has 1 aromatic carbocycles. The van der Waals surface area contributed by atoms with Crippen LogP contribution in [0.25, 0.3) is 10.9 Å². The monoisotopic (exact) mass is 309 g/mol. The standard InChI is InChI=1S/C13H16BrN3O/c1-9-11-7-10(14)8-12(13(11)15-16(9)2)17-3-5-18-6-4-17/h7-8H,3-6H2,1-2H3. The maximum atomic E-state index is 5.41. The lowest BCUT2D eigenvalue weighted by molar-refractivity contribution is 0.123. The van der Waals surface area contributed by atoms with Gasteiger partial charge in [-0.05, 0) is 19.1 Å². The van der Waals surface area contributed by atoms with Crippen LogP contribution in [0.1, 0.15) is 5.69 Å². The van der Waals surface area contributed by atoms with Crippen molar-refractivity contribution in [3.8, 4) is 0 Å². The molecule has 0 bridgehead atoms. The van der Waals surface area contributed by atoms with E-state index in [1.165, 1.54) is 16.8 Å². The van der Waals surface area contributed by atoms with Gasteiger partial charge in [0.25, 0.3) is 0 Å². The second kappa shape index (κ2) is 4.55. The normalized spacial score (nSPS) is 16.5. The minimum absolute atomic E-state index is 0.791. The van der Waals surface area contributed by atoms with Gasteiger partial charge in [0.2, 0.25) is 0 Å². The summed E-state index contributed by atoms with van der Waals surface area (Å²) in [4.78, 5) is 2.35. The lowest BCUT2D eigenvalue weighted by Crippen LogP contribution is -2.36.